The van der Waals surface area contributed by atoms with Gasteiger partial charge in [-0.3, -0.25) is 4.98 Å². The molecule has 1 atom stereocenters. The molecule has 0 aliphatic carbocycles. The van der Waals surface area contributed by atoms with Gasteiger partial charge in [0.2, 0.25) is 0 Å². The van der Waals surface area contributed by atoms with Crippen LogP contribution in [0.5, 0.6) is 5.75 Å². The van der Waals surface area contributed by atoms with E-state index in [2.05, 4.69) is 4.98 Å². The lowest BCUT2D eigenvalue weighted by molar-refractivity contribution is -0.136. The van der Waals surface area contributed by atoms with Gasteiger partial charge in [0.25, 0.3) is 0 Å². The van der Waals surface area contributed by atoms with Crippen molar-refractivity contribution in [2.45, 2.75) is 45.0 Å². The molecule has 6 heteroatoms. The van der Waals surface area contributed by atoms with E-state index >= 15 is 0 Å². The van der Waals surface area contributed by atoms with Crippen LogP contribution < -0.4 is 10.5 Å². The van der Waals surface area contributed by atoms with Crippen molar-refractivity contribution in [3.8, 4) is 5.75 Å². The fraction of sp³-hybridized carbons (Fsp3) is 0.583. The zero-order chi connectivity index (χ0) is 13.8. The maximum Gasteiger partial charge on any atom is 0.389 e. The average molecular weight is 262 g/mol. The van der Waals surface area contributed by atoms with Gasteiger partial charge in [-0.1, -0.05) is 0 Å². The number of pyridine rings is 1. The molecule has 1 aromatic heterocycles. The van der Waals surface area contributed by atoms with Gasteiger partial charge in [0.15, 0.2) is 0 Å². The third-order valence-corrected chi connectivity index (χ3v) is 2.27. The second-order valence-corrected chi connectivity index (χ2v) is 4.38. The minimum atomic E-state index is -4.18. The van der Waals surface area contributed by atoms with E-state index in [1.54, 1.807) is 6.07 Å². The Hall–Kier alpha value is -1.30. The van der Waals surface area contributed by atoms with Gasteiger partial charge in [0.1, 0.15) is 5.75 Å². The molecule has 3 nitrogen and oxygen atoms in total. The minimum absolute atomic E-state index is 0.0200. The number of ether oxygens (including phenoxy) is 1. The number of nitrogens with zero attached hydrogens (tertiary/aromatic N) is 1. The van der Waals surface area contributed by atoms with Gasteiger partial charge < -0.3 is 10.5 Å². The van der Waals surface area contributed by atoms with Crippen LogP contribution in [-0.2, 0) is 0 Å². The molecule has 0 aromatic carbocycles. The van der Waals surface area contributed by atoms with E-state index in [-0.39, 0.29) is 12.5 Å². The molecule has 0 saturated carbocycles. The molecular weight excluding hydrogens is 245 g/mol. The summed E-state index contributed by atoms with van der Waals surface area (Å²) in [5, 5.41) is 0. The third-order valence-electron chi connectivity index (χ3n) is 2.27. The van der Waals surface area contributed by atoms with Crippen LogP contribution in [0.1, 0.15) is 38.3 Å². The summed E-state index contributed by atoms with van der Waals surface area (Å²) in [5.74, 6) is 0.518. The van der Waals surface area contributed by atoms with Crippen LogP contribution in [0.2, 0.25) is 0 Å². The Labute approximate surface area is 104 Å². The molecule has 0 radical (unpaired) electrons. The first-order valence-electron chi connectivity index (χ1n) is 5.72. The molecule has 1 unspecified atom stereocenters. The van der Waals surface area contributed by atoms with Crippen LogP contribution in [0.4, 0.5) is 13.2 Å². The second kappa shape index (κ2) is 6.04. The van der Waals surface area contributed by atoms with Crippen LogP contribution >= 0.6 is 0 Å². The third kappa shape index (κ3) is 5.35. The Bertz CT molecular complexity index is 380. The molecule has 1 aromatic rings. The largest absolute Gasteiger partial charge is 0.489 e. The average Bonchev–Trinajstić information content (AvgIpc) is 2.24. The predicted octanol–water partition coefficient (Wildman–Crippen LogP) is 3.21. The predicted molar refractivity (Wildman–Crippen MR) is 62.2 cm³/mol. The number of halogens is 3. The summed E-state index contributed by atoms with van der Waals surface area (Å²) in [6, 6.07) is 0.948. The summed E-state index contributed by atoms with van der Waals surface area (Å²) in [5.41, 5.74) is 6.26. The quantitative estimate of drug-likeness (QED) is 0.886. The van der Waals surface area contributed by atoms with Gasteiger partial charge in [-0.15, -0.1) is 0 Å². The SMILES string of the molecule is CC(C)Oc1cncc(C(N)CCC(F)(F)F)c1. The van der Waals surface area contributed by atoms with Crippen molar-refractivity contribution in [1.29, 1.82) is 0 Å². The smallest absolute Gasteiger partial charge is 0.389 e. The first-order valence-corrected chi connectivity index (χ1v) is 5.72. The fourth-order valence-corrected chi connectivity index (χ4v) is 1.46. The maximum absolute atomic E-state index is 12.1. The Morgan fingerprint density at radius 2 is 2.00 bits per heavy atom. The standard InChI is InChI=1S/C12H17F3N2O/c1-8(2)18-10-5-9(6-17-7-10)11(16)3-4-12(13,14)15/h5-8,11H,3-4,16H2,1-2H3. The molecule has 18 heavy (non-hydrogen) atoms. The zero-order valence-corrected chi connectivity index (χ0v) is 10.4. The summed E-state index contributed by atoms with van der Waals surface area (Å²) in [6.07, 6.45) is -2.28. The molecular formula is C12H17F3N2O. The lowest BCUT2D eigenvalue weighted by Crippen LogP contribution is -2.16. The van der Waals surface area contributed by atoms with E-state index in [0.29, 0.717) is 11.3 Å². The van der Waals surface area contributed by atoms with Crippen LogP contribution in [-0.4, -0.2) is 17.3 Å². The topological polar surface area (TPSA) is 48.1 Å². The summed E-state index contributed by atoms with van der Waals surface area (Å²) >= 11 is 0. The molecule has 0 aliphatic heterocycles. The van der Waals surface area contributed by atoms with Crippen molar-refractivity contribution in [2.75, 3.05) is 0 Å². The summed E-state index contributed by atoms with van der Waals surface area (Å²) < 4.78 is 41.7. The van der Waals surface area contributed by atoms with Crippen molar-refractivity contribution in [3.05, 3.63) is 24.0 Å². The minimum Gasteiger partial charge on any atom is -0.489 e. The van der Waals surface area contributed by atoms with Gasteiger partial charge in [-0.25, -0.2) is 0 Å². The van der Waals surface area contributed by atoms with Crippen LogP contribution in [0.25, 0.3) is 0 Å². The molecule has 0 fully saturated rings. The Kier molecular flexibility index (Phi) is 4.95. The molecule has 0 saturated heterocycles. The van der Waals surface area contributed by atoms with Gasteiger partial charge in [-0.2, -0.15) is 13.2 Å². The van der Waals surface area contributed by atoms with E-state index < -0.39 is 18.6 Å². The number of nitrogens with two attached hydrogens (primary N) is 1. The van der Waals surface area contributed by atoms with E-state index in [1.165, 1.54) is 12.4 Å². The fourth-order valence-electron chi connectivity index (χ4n) is 1.46. The second-order valence-electron chi connectivity index (χ2n) is 4.38. The van der Waals surface area contributed by atoms with E-state index in [1.807, 2.05) is 13.8 Å². The number of rotatable bonds is 5. The maximum atomic E-state index is 12.1. The van der Waals surface area contributed by atoms with Crippen LogP contribution in [0.3, 0.4) is 0 Å². The number of alkyl halides is 3. The molecule has 102 valence electrons. The van der Waals surface area contributed by atoms with Crippen LogP contribution in [0, 0.1) is 0 Å². The summed E-state index contributed by atoms with van der Waals surface area (Å²) in [4.78, 5) is 3.92. The van der Waals surface area contributed by atoms with Crippen molar-refractivity contribution >= 4 is 0 Å². The number of hydrogen-bond acceptors (Lipinski definition) is 3. The Balaban J connectivity index is 2.65. The molecule has 2 N–H and O–H groups in total. The molecule has 0 spiro atoms. The molecule has 0 aliphatic rings. The molecule has 1 heterocycles. The highest BCUT2D eigenvalue weighted by molar-refractivity contribution is 5.25. The van der Waals surface area contributed by atoms with Gasteiger partial charge in [-0.05, 0) is 31.9 Å². The Morgan fingerprint density at radius 3 is 2.56 bits per heavy atom. The molecule has 0 amide bonds. The first kappa shape index (κ1) is 14.8. The van der Waals surface area contributed by atoms with E-state index in [4.69, 9.17) is 10.5 Å². The highest BCUT2D eigenvalue weighted by Crippen LogP contribution is 2.27. The molecule has 0 bridgehead atoms. The normalized spacial score (nSPS) is 13.7. The summed E-state index contributed by atoms with van der Waals surface area (Å²) in [7, 11) is 0. The van der Waals surface area contributed by atoms with Gasteiger partial charge >= 0.3 is 6.18 Å². The highest BCUT2D eigenvalue weighted by Gasteiger charge is 2.27. The van der Waals surface area contributed by atoms with Crippen LogP contribution in [0.15, 0.2) is 18.5 Å². The Morgan fingerprint density at radius 1 is 1.33 bits per heavy atom. The monoisotopic (exact) mass is 262 g/mol. The van der Waals surface area contributed by atoms with Crippen molar-refractivity contribution < 1.29 is 17.9 Å². The van der Waals surface area contributed by atoms with E-state index in [0.717, 1.165) is 0 Å². The highest BCUT2D eigenvalue weighted by atomic mass is 19.4. The summed E-state index contributed by atoms with van der Waals surface area (Å²) in [6.45, 7) is 3.71. The molecule has 1 rings (SSSR count). The van der Waals surface area contributed by atoms with E-state index in [9.17, 15) is 13.2 Å². The van der Waals surface area contributed by atoms with Crippen molar-refractivity contribution in [2.24, 2.45) is 5.73 Å². The lowest BCUT2D eigenvalue weighted by Gasteiger charge is -2.15. The first-order chi connectivity index (χ1) is 8.28. The van der Waals surface area contributed by atoms with Crippen molar-refractivity contribution in [3.63, 3.8) is 0 Å². The van der Waals surface area contributed by atoms with Gasteiger partial charge in [0, 0.05) is 18.7 Å². The van der Waals surface area contributed by atoms with Crippen molar-refractivity contribution in [1.82, 2.24) is 4.98 Å². The van der Waals surface area contributed by atoms with Gasteiger partial charge in [0.05, 0.1) is 12.3 Å². The number of hydrogen-bond donors (Lipinski definition) is 1. The number of aromatic nitrogens is 1. The zero-order valence-electron chi connectivity index (χ0n) is 10.4. The lowest BCUT2D eigenvalue weighted by atomic mass is 10.0.